The van der Waals surface area contributed by atoms with Crippen LogP contribution >= 0.6 is 11.8 Å². The Morgan fingerprint density at radius 2 is 1.88 bits per heavy atom. The van der Waals surface area contributed by atoms with Gasteiger partial charge in [0.1, 0.15) is 11.2 Å². The summed E-state index contributed by atoms with van der Waals surface area (Å²) in [6, 6.07) is 16.8. The quantitative estimate of drug-likeness (QED) is 0.376. The van der Waals surface area contributed by atoms with Crippen molar-refractivity contribution in [3.8, 4) is 11.6 Å². The van der Waals surface area contributed by atoms with E-state index in [1.165, 1.54) is 22.6 Å². The zero-order valence-electron chi connectivity index (χ0n) is 18.7. The number of anilines is 1. The topological polar surface area (TPSA) is 110 Å². The van der Waals surface area contributed by atoms with Crippen LogP contribution in [0.3, 0.4) is 0 Å². The van der Waals surface area contributed by atoms with Crippen LogP contribution in [0.1, 0.15) is 21.6 Å². The largest absolute Gasteiger partial charge is 0.306 e. The number of carbonyl (C=O) groups is 1. The van der Waals surface area contributed by atoms with E-state index in [0.29, 0.717) is 28.1 Å². The lowest BCUT2D eigenvalue weighted by Gasteiger charge is -2.10. The van der Waals surface area contributed by atoms with E-state index in [-0.39, 0.29) is 17.4 Å². The zero-order valence-corrected chi connectivity index (χ0v) is 19.6. The Bertz CT molecular complexity index is 1600. The monoisotopic (exact) mass is 471 g/mol. The number of hydrogen-bond donors (Lipinski definition) is 2. The first-order valence-corrected chi connectivity index (χ1v) is 11.7. The molecule has 0 unspecified atom stereocenters. The molecule has 34 heavy (non-hydrogen) atoms. The van der Waals surface area contributed by atoms with Crippen molar-refractivity contribution in [2.24, 2.45) is 0 Å². The molecule has 2 N–H and O–H groups in total. The molecule has 0 saturated carbocycles. The Morgan fingerprint density at radius 3 is 2.68 bits per heavy atom. The summed E-state index contributed by atoms with van der Waals surface area (Å²) < 4.78 is 3.04. The number of fused-ring (bicyclic) bond motifs is 1. The van der Waals surface area contributed by atoms with Gasteiger partial charge in [0, 0.05) is 11.0 Å². The van der Waals surface area contributed by atoms with E-state index in [0.717, 1.165) is 16.1 Å². The van der Waals surface area contributed by atoms with Crippen LogP contribution in [0.4, 0.5) is 5.82 Å². The van der Waals surface area contributed by atoms with E-state index in [2.05, 4.69) is 25.5 Å². The maximum Gasteiger partial charge on any atom is 0.263 e. The summed E-state index contributed by atoms with van der Waals surface area (Å²) in [4.78, 5) is 34.1. The van der Waals surface area contributed by atoms with Crippen LogP contribution in [0.5, 0.6) is 0 Å². The zero-order chi connectivity index (χ0) is 23.8. The summed E-state index contributed by atoms with van der Waals surface area (Å²) in [7, 11) is 0. The molecule has 5 rings (SSSR count). The van der Waals surface area contributed by atoms with Gasteiger partial charge in [0.15, 0.2) is 5.65 Å². The van der Waals surface area contributed by atoms with E-state index in [4.69, 9.17) is 0 Å². The number of nitrogens with zero attached hydrogens (tertiary/aromatic N) is 5. The Kier molecular flexibility index (Phi) is 5.50. The van der Waals surface area contributed by atoms with Crippen LogP contribution < -0.4 is 10.9 Å². The van der Waals surface area contributed by atoms with E-state index < -0.39 is 0 Å². The molecular weight excluding hydrogens is 450 g/mol. The van der Waals surface area contributed by atoms with E-state index in [1.54, 1.807) is 23.7 Å². The number of hydrogen-bond acceptors (Lipinski definition) is 6. The van der Waals surface area contributed by atoms with Gasteiger partial charge in [-0.15, -0.1) is 11.8 Å². The fraction of sp³-hybridized carbons (Fsp3) is 0.125. The van der Waals surface area contributed by atoms with Crippen LogP contribution in [0.2, 0.25) is 0 Å². The number of aromatic nitrogens is 6. The number of amides is 1. The first kappa shape index (κ1) is 21.7. The third-order valence-corrected chi connectivity index (χ3v) is 6.09. The van der Waals surface area contributed by atoms with Crippen molar-refractivity contribution in [3.63, 3.8) is 0 Å². The van der Waals surface area contributed by atoms with Crippen LogP contribution in [0, 0.1) is 13.8 Å². The van der Waals surface area contributed by atoms with Crippen LogP contribution in [-0.2, 0) is 0 Å². The average Bonchev–Trinajstić information content (AvgIpc) is 3.42. The van der Waals surface area contributed by atoms with Crippen molar-refractivity contribution in [2.45, 2.75) is 18.7 Å². The fourth-order valence-electron chi connectivity index (χ4n) is 3.72. The molecule has 0 aliphatic heterocycles. The van der Waals surface area contributed by atoms with Crippen molar-refractivity contribution in [1.82, 2.24) is 29.5 Å². The number of thioether (sulfide) groups is 1. The summed E-state index contributed by atoms with van der Waals surface area (Å²) in [5, 5.41) is 12.1. The van der Waals surface area contributed by atoms with Gasteiger partial charge in [-0.25, -0.2) is 4.68 Å². The predicted octanol–water partition coefficient (Wildman–Crippen LogP) is 3.89. The lowest BCUT2D eigenvalue weighted by molar-refractivity contribution is 0.102. The average molecular weight is 472 g/mol. The molecular formula is C24H21N7O2S. The SMILES string of the molecule is CSc1ccccc1C(=O)Nc1cc(C)nn1-c1nc2c(cnn2-c2cccc(C)c2)c(=O)[nH]1. The maximum absolute atomic E-state index is 13.0. The van der Waals surface area contributed by atoms with Gasteiger partial charge in [-0.2, -0.15) is 19.9 Å². The molecule has 3 heterocycles. The molecule has 3 aromatic heterocycles. The van der Waals surface area contributed by atoms with E-state index in [1.807, 2.05) is 55.6 Å². The number of nitrogens with one attached hydrogen (secondary N) is 2. The highest BCUT2D eigenvalue weighted by Gasteiger charge is 2.18. The highest BCUT2D eigenvalue weighted by Crippen LogP contribution is 2.23. The van der Waals surface area contributed by atoms with E-state index >= 15 is 0 Å². The number of rotatable bonds is 5. The number of benzene rings is 2. The van der Waals surface area contributed by atoms with Gasteiger partial charge in [0.05, 0.1) is 23.1 Å². The molecule has 0 atom stereocenters. The minimum Gasteiger partial charge on any atom is -0.306 e. The summed E-state index contributed by atoms with van der Waals surface area (Å²) >= 11 is 1.49. The van der Waals surface area contributed by atoms with Gasteiger partial charge in [-0.3, -0.25) is 14.6 Å². The molecule has 0 bridgehead atoms. The molecule has 0 fully saturated rings. The predicted molar refractivity (Wildman–Crippen MR) is 132 cm³/mol. The molecule has 5 aromatic rings. The second kappa shape index (κ2) is 8.64. The summed E-state index contributed by atoms with van der Waals surface area (Å²) in [5.41, 5.74) is 3.10. The third kappa shape index (κ3) is 3.88. The molecule has 0 spiro atoms. The highest BCUT2D eigenvalue weighted by atomic mass is 32.2. The van der Waals surface area contributed by atoms with Crippen LogP contribution in [-0.4, -0.2) is 41.7 Å². The van der Waals surface area contributed by atoms with E-state index in [9.17, 15) is 9.59 Å². The minimum atomic E-state index is -0.350. The standard InChI is InChI=1S/C24H21N7O2S/c1-14-7-6-8-16(11-14)30-21-18(13-25-30)23(33)28-24(27-21)31-20(12-15(2)29-31)26-22(32)17-9-4-5-10-19(17)34-3/h4-13H,1-3H3,(H,26,32)(H,27,28,33). The Morgan fingerprint density at radius 1 is 1.06 bits per heavy atom. The van der Waals surface area contributed by atoms with Gasteiger partial charge < -0.3 is 5.32 Å². The molecule has 0 radical (unpaired) electrons. The van der Waals surface area contributed by atoms with Gasteiger partial charge in [0.2, 0.25) is 5.95 Å². The Hall–Kier alpha value is -4.18. The fourth-order valence-corrected chi connectivity index (χ4v) is 4.32. The first-order valence-electron chi connectivity index (χ1n) is 10.5. The van der Waals surface area contributed by atoms with Crippen molar-refractivity contribution >= 4 is 34.5 Å². The maximum atomic E-state index is 13.0. The van der Waals surface area contributed by atoms with Gasteiger partial charge in [-0.1, -0.05) is 24.3 Å². The summed E-state index contributed by atoms with van der Waals surface area (Å²) in [5.74, 6) is 0.287. The number of H-pyrrole nitrogens is 1. The molecule has 0 aliphatic rings. The van der Waals surface area contributed by atoms with Crippen LogP contribution in [0.15, 0.2) is 70.5 Å². The normalized spacial score (nSPS) is 11.1. The minimum absolute atomic E-state index is 0.174. The smallest absolute Gasteiger partial charge is 0.263 e. The molecule has 1 amide bonds. The molecule has 2 aromatic carbocycles. The first-order chi connectivity index (χ1) is 16.4. The summed E-state index contributed by atoms with van der Waals surface area (Å²) in [6.45, 7) is 3.78. The molecule has 9 nitrogen and oxygen atoms in total. The molecule has 0 aliphatic carbocycles. The van der Waals surface area contributed by atoms with Gasteiger partial charge >= 0.3 is 0 Å². The highest BCUT2D eigenvalue weighted by molar-refractivity contribution is 7.98. The number of aromatic amines is 1. The lowest BCUT2D eigenvalue weighted by Crippen LogP contribution is -2.19. The van der Waals surface area contributed by atoms with Crippen LogP contribution in [0.25, 0.3) is 22.7 Å². The molecule has 0 saturated heterocycles. The second-order valence-electron chi connectivity index (χ2n) is 7.76. The Balaban J connectivity index is 1.59. The van der Waals surface area contributed by atoms with Crippen molar-refractivity contribution < 1.29 is 4.79 Å². The van der Waals surface area contributed by atoms with Gasteiger partial charge in [-0.05, 0) is 49.9 Å². The van der Waals surface area contributed by atoms with Gasteiger partial charge in [0.25, 0.3) is 11.5 Å². The number of aryl methyl sites for hydroxylation is 2. The lowest BCUT2D eigenvalue weighted by atomic mass is 10.2. The Labute approximate surface area is 198 Å². The molecule has 10 heteroatoms. The third-order valence-electron chi connectivity index (χ3n) is 5.30. The van der Waals surface area contributed by atoms with Crippen molar-refractivity contribution in [3.05, 3.63) is 88.0 Å². The number of carbonyl (C=O) groups excluding carboxylic acids is 1. The van der Waals surface area contributed by atoms with Crippen molar-refractivity contribution in [2.75, 3.05) is 11.6 Å². The van der Waals surface area contributed by atoms with Crippen molar-refractivity contribution in [1.29, 1.82) is 0 Å². The summed E-state index contributed by atoms with van der Waals surface area (Å²) in [6.07, 6.45) is 3.41. The molecule has 170 valence electrons. The second-order valence-corrected chi connectivity index (χ2v) is 8.61.